The number of halogens is 5. The van der Waals surface area contributed by atoms with Crippen LogP contribution in [0, 0.1) is 17.5 Å². The van der Waals surface area contributed by atoms with Gasteiger partial charge >= 0.3 is 0 Å². The molecule has 6 heteroatoms. The minimum Gasteiger partial charge on any atom is -0.320 e. The van der Waals surface area contributed by atoms with Crippen molar-refractivity contribution in [2.45, 2.75) is 6.04 Å². The molecule has 0 spiro atoms. The Morgan fingerprint density at radius 3 is 2.21 bits per heavy atom. The highest BCUT2D eigenvalue weighted by Crippen LogP contribution is 2.28. The first kappa shape index (κ1) is 14.6. The molecule has 2 aromatic rings. The fourth-order valence-electron chi connectivity index (χ4n) is 1.71. The van der Waals surface area contributed by atoms with Crippen molar-refractivity contribution in [3.8, 4) is 0 Å². The zero-order chi connectivity index (χ0) is 14.2. The Morgan fingerprint density at radius 1 is 0.895 bits per heavy atom. The maximum Gasteiger partial charge on any atom is 0.137 e. The zero-order valence-corrected chi connectivity index (χ0v) is 12.6. The van der Waals surface area contributed by atoms with Gasteiger partial charge in [0.15, 0.2) is 0 Å². The second-order valence-corrected chi connectivity index (χ2v) is 5.74. The number of benzene rings is 2. The number of rotatable bonds is 2. The van der Waals surface area contributed by atoms with E-state index in [1.165, 1.54) is 12.1 Å². The molecule has 0 fully saturated rings. The third-order valence-electron chi connectivity index (χ3n) is 2.62. The Bertz CT molecular complexity index is 611. The quantitative estimate of drug-likeness (QED) is 0.735. The molecule has 1 atom stereocenters. The summed E-state index contributed by atoms with van der Waals surface area (Å²) in [6, 6.07) is 5.06. The van der Waals surface area contributed by atoms with Crippen molar-refractivity contribution < 1.29 is 13.2 Å². The highest BCUT2D eigenvalue weighted by atomic mass is 79.9. The van der Waals surface area contributed by atoms with Gasteiger partial charge in [-0.15, -0.1) is 0 Å². The summed E-state index contributed by atoms with van der Waals surface area (Å²) in [7, 11) is 0. The first-order valence-corrected chi connectivity index (χ1v) is 6.83. The molecule has 1 unspecified atom stereocenters. The van der Waals surface area contributed by atoms with Gasteiger partial charge in [0.05, 0.1) is 10.5 Å². The van der Waals surface area contributed by atoms with Crippen LogP contribution in [0.4, 0.5) is 13.2 Å². The predicted octanol–water partition coefficient (Wildman–Crippen LogP) is 4.68. The van der Waals surface area contributed by atoms with E-state index in [9.17, 15) is 13.2 Å². The minimum absolute atomic E-state index is 0.0152. The summed E-state index contributed by atoms with van der Waals surface area (Å²) < 4.78 is 41.0. The van der Waals surface area contributed by atoms with Crippen LogP contribution in [0.15, 0.2) is 39.3 Å². The van der Waals surface area contributed by atoms with Gasteiger partial charge in [-0.05, 0) is 51.8 Å². The van der Waals surface area contributed by atoms with E-state index in [1.54, 1.807) is 6.07 Å². The van der Waals surface area contributed by atoms with Crippen molar-refractivity contribution in [1.82, 2.24) is 0 Å². The topological polar surface area (TPSA) is 26.0 Å². The molecule has 0 saturated carbocycles. The lowest BCUT2D eigenvalue weighted by atomic mass is 9.99. The number of hydrogen-bond acceptors (Lipinski definition) is 1. The summed E-state index contributed by atoms with van der Waals surface area (Å²) in [4.78, 5) is 0. The molecular formula is C13H8Br2F3N. The van der Waals surface area contributed by atoms with Crippen molar-refractivity contribution in [3.63, 3.8) is 0 Å². The Labute approximate surface area is 124 Å². The summed E-state index contributed by atoms with van der Waals surface area (Å²) in [5, 5.41) is 0. The molecule has 100 valence electrons. The molecule has 2 N–H and O–H groups in total. The molecule has 2 aromatic carbocycles. The van der Waals surface area contributed by atoms with E-state index >= 15 is 0 Å². The van der Waals surface area contributed by atoms with Gasteiger partial charge in [-0.25, -0.2) is 13.2 Å². The SMILES string of the molecule is NC(c1cc(F)cc(Br)c1)c1cc(F)c(Br)cc1F. The van der Waals surface area contributed by atoms with Gasteiger partial charge in [-0.1, -0.05) is 15.9 Å². The molecule has 2 rings (SSSR count). The highest BCUT2D eigenvalue weighted by molar-refractivity contribution is 9.10. The summed E-state index contributed by atoms with van der Waals surface area (Å²) in [5.74, 6) is -1.78. The second-order valence-electron chi connectivity index (χ2n) is 3.97. The largest absolute Gasteiger partial charge is 0.320 e. The average Bonchev–Trinajstić information content (AvgIpc) is 2.31. The van der Waals surface area contributed by atoms with Gasteiger partial charge in [-0.2, -0.15) is 0 Å². The first-order valence-electron chi connectivity index (χ1n) is 5.24. The molecule has 0 saturated heterocycles. The van der Waals surface area contributed by atoms with E-state index in [1.807, 2.05) is 0 Å². The fraction of sp³-hybridized carbons (Fsp3) is 0.0769. The Balaban J connectivity index is 2.49. The number of nitrogens with two attached hydrogens (primary N) is 1. The van der Waals surface area contributed by atoms with Crippen molar-refractivity contribution in [2.75, 3.05) is 0 Å². The minimum atomic E-state index is -0.949. The maximum atomic E-state index is 13.8. The van der Waals surface area contributed by atoms with Crippen molar-refractivity contribution in [2.24, 2.45) is 5.73 Å². The average molecular weight is 395 g/mol. The van der Waals surface area contributed by atoms with Gasteiger partial charge < -0.3 is 5.73 Å². The molecule has 0 aliphatic carbocycles. The molecule has 0 amide bonds. The molecule has 0 aliphatic heterocycles. The van der Waals surface area contributed by atoms with E-state index in [2.05, 4.69) is 31.9 Å². The van der Waals surface area contributed by atoms with Gasteiger partial charge in [-0.3, -0.25) is 0 Å². The molecular weight excluding hydrogens is 387 g/mol. The first-order chi connectivity index (χ1) is 8.88. The van der Waals surface area contributed by atoms with Crippen LogP contribution in [0.25, 0.3) is 0 Å². The lowest BCUT2D eigenvalue weighted by molar-refractivity contribution is 0.570. The fourth-order valence-corrected chi connectivity index (χ4v) is 2.51. The van der Waals surface area contributed by atoms with Crippen molar-refractivity contribution in [1.29, 1.82) is 0 Å². The maximum absolute atomic E-state index is 13.8. The molecule has 19 heavy (non-hydrogen) atoms. The molecule has 0 radical (unpaired) electrons. The molecule has 0 aliphatic rings. The molecule has 0 bridgehead atoms. The number of hydrogen-bond donors (Lipinski definition) is 1. The molecule has 0 heterocycles. The Kier molecular flexibility index (Phi) is 4.32. The van der Waals surface area contributed by atoms with Gasteiger partial charge in [0.2, 0.25) is 0 Å². The summed E-state index contributed by atoms with van der Waals surface area (Å²) in [6.45, 7) is 0. The van der Waals surface area contributed by atoms with Crippen molar-refractivity contribution >= 4 is 31.9 Å². The lowest BCUT2D eigenvalue weighted by Gasteiger charge is -2.14. The van der Waals surface area contributed by atoms with Crippen LogP contribution in [-0.2, 0) is 0 Å². The Morgan fingerprint density at radius 2 is 1.58 bits per heavy atom. The van der Waals surface area contributed by atoms with E-state index in [0.29, 0.717) is 10.0 Å². The van der Waals surface area contributed by atoms with E-state index < -0.39 is 23.5 Å². The Hall–Kier alpha value is -0.850. The van der Waals surface area contributed by atoms with Gasteiger partial charge in [0.1, 0.15) is 17.5 Å². The van der Waals surface area contributed by atoms with Crippen LogP contribution in [-0.4, -0.2) is 0 Å². The predicted molar refractivity (Wildman–Crippen MR) is 74.2 cm³/mol. The lowest BCUT2D eigenvalue weighted by Crippen LogP contribution is -2.14. The zero-order valence-electron chi connectivity index (χ0n) is 9.43. The molecule has 0 aromatic heterocycles. The standard InChI is InChI=1S/C13H8Br2F3N/c14-7-1-6(2-8(16)3-7)13(19)9-4-12(18)10(15)5-11(9)17/h1-5,13H,19H2. The summed E-state index contributed by atoms with van der Waals surface area (Å²) in [5.41, 5.74) is 6.19. The van der Waals surface area contributed by atoms with Crippen LogP contribution in [0.3, 0.4) is 0 Å². The highest BCUT2D eigenvalue weighted by Gasteiger charge is 2.17. The van der Waals surface area contributed by atoms with Crippen LogP contribution >= 0.6 is 31.9 Å². The monoisotopic (exact) mass is 393 g/mol. The normalized spacial score (nSPS) is 12.5. The van der Waals surface area contributed by atoms with Crippen molar-refractivity contribution in [3.05, 3.63) is 67.9 Å². The third kappa shape index (κ3) is 3.19. The molecule has 1 nitrogen and oxygen atoms in total. The van der Waals surface area contributed by atoms with Crippen LogP contribution < -0.4 is 5.73 Å². The van der Waals surface area contributed by atoms with E-state index in [0.717, 1.165) is 12.1 Å². The third-order valence-corrected chi connectivity index (χ3v) is 3.68. The van der Waals surface area contributed by atoms with Gasteiger partial charge in [0.25, 0.3) is 0 Å². The van der Waals surface area contributed by atoms with Crippen LogP contribution in [0.2, 0.25) is 0 Å². The van der Waals surface area contributed by atoms with E-state index in [4.69, 9.17) is 5.73 Å². The summed E-state index contributed by atoms with van der Waals surface area (Å²) in [6.07, 6.45) is 0. The second kappa shape index (κ2) is 5.64. The van der Waals surface area contributed by atoms with Crippen LogP contribution in [0.1, 0.15) is 17.2 Å². The summed E-state index contributed by atoms with van der Waals surface area (Å²) >= 11 is 6.01. The smallest absolute Gasteiger partial charge is 0.137 e. The van der Waals surface area contributed by atoms with E-state index in [-0.39, 0.29) is 10.0 Å². The van der Waals surface area contributed by atoms with Gasteiger partial charge in [0, 0.05) is 10.0 Å². The van der Waals surface area contributed by atoms with Crippen LogP contribution in [0.5, 0.6) is 0 Å².